The van der Waals surface area contributed by atoms with Crippen molar-refractivity contribution >= 4 is 15.9 Å². The van der Waals surface area contributed by atoms with Gasteiger partial charge in [-0.25, -0.2) is 0 Å². The Morgan fingerprint density at radius 1 is 1.26 bits per heavy atom. The van der Waals surface area contributed by atoms with Gasteiger partial charge in [-0.2, -0.15) is 0 Å². The molecular formula is C16H23BrN2. The van der Waals surface area contributed by atoms with Crippen LogP contribution in [-0.4, -0.2) is 30.6 Å². The fourth-order valence-corrected chi connectivity index (χ4v) is 3.87. The van der Waals surface area contributed by atoms with Crippen molar-refractivity contribution in [2.45, 2.75) is 44.7 Å². The summed E-state index contributed by atoms with van der Waals surface area (Å²) in [5.41, 5.74) is 3.05. The smallest absolute Gasteiger partial charge is 0.0328 e. The van der Waals surface area contributed by atoms with Crippen LogP contribution in [0.4, 0.5) is 0 Å². The topological polar surface area (TPSA) is 15.3 Å². The van der Waals surface area contributed by atoms with Crippen molar-refractivity contribution in [2.75, 3.05) is 19.6 Å². The summed E-state index contributed by atoms with van der Waals surface area (Å²) in [6, 6.07) is 8.06. The molecule has 0 aromatic heterocycles. The van der Waals surface area contributed by atoms with Gasteiger partial charge >= 0.3 is 0 Å². The van der Waals surface area contributed by atoms with Crippen LogP contribution in [-0.2, 0) is 6.42 Å². The summed E-state index contributed by atoms with van der Waals surface area (Å²) in [6.45, 7) is 5.98. The molecule has 1 aromatic rings. The number of aryl methyl sites for hydroxylation is 1. The molecule has 1 aliphatic heterocycles. The molecule has 1 unspecified atom stereocenters. The Balaban J connectivity index is 1.61. The molecule has 0 amide bonds. The minimum atomic E-state index is 0.585. The first-order chi connectivity index (χ1) is 9.26. The highest BCUT2D eigenvalue weighted by atomic mass is 79.9. The molecule has 2 aliphatic rings. The van der Waals surface area contributed by atoms with Gasteiger partial charge in [0.15, 0.2) is 0 Å². The highest BCUT2D eigenvalue weighted by molar-refractivity contribution is 9.10. The minimum Gasteiger partial charge on any atom is -0.307 e. The van der Waals surface area contributed by atoms with E-state index >= 15 is 0 Å². The SMILES string of the molecule is CCN1CCC(NC2CCc3cc(Br)ccc32)CC1. The van der Waals surface area contributed by atoms with Gasteiger partial charge in [-0.1, -0.05) is 28.9 Å². The molecule has 2 nitrogen and oxygen atoms in total. The number of benzene rings is 1. The Labute approximate surface area is 124 Å². The lowest BCUT2D eigenvalue weighted by Gasteiger charge is -2.33. The van der Waals surface area contributed by atoms with Crippen molar-refractivity contribution in [1.29, 1.82) is 0 Å². The average molecular weight is 323 g/mol. The molecule has 1 fully saturated rings. The number of hydrogen-bond acceptors (Lipinski definition) is 2. The zero-order valence-electron chi connectivity index (χ0n) is 11.7. The molecule has 0 radical (unpaired) electrons. The maximum absolute atomic E-state index is 3.90. The Hall–Kier alpha value is -0.380. The first-order valence-electron chi connectivity index (χ1n) is 7.53. The van der Waals surface area contributed by atoms with Crippen LogP contribution >= 0.6 is 15.9 Å². The summed E-state index contributed by atoms with van der Waals surface area (Å²) >= 11 is 3.57. The van der Waals surface area contributed by atoms with Gasteiger partial charge in [0.2, 0.25) is 0 Å². The molecular weight excluding hydrogens is 300 g/mol. The molecule has 1 aromatic carbocycles. The number of likely N-dealkylation sites (tertiary alicyclic amines) is 1. The minimum absolute atomic E-state index is 0.585. The summed E-state index contributed by atoms with van der Waals surface area (Å²) in [6.07, 6.45) is 5.09. The largest absolute Gasteiger partial charge is 0.307 e. The van der Waals surface area contributed by atoms with Gasteiger partial charge in [0.05, 0.1) is 0 Å². The van der Waals surface area contributed by atoms with Crippen LogP contribution in [0.2, 0.25) is 0 Å². The number of hydrogen-bond donors (Lipinski definition) is 1. The van der Waals surface area contributed by atoms with Crippen molar-refractivity contribution in [1.82, 2.24) is 10.2 Å². The van der Waals surface area contributed by atoms with Crippen molar-refractivity contribution in [2.24, 2.45) is 0 Å². The molecule has 0 spiro atoms. The highest BCUT2D eigenvalue weighted by Gasteiger charge is 2.26. The molecule has 1 heterocycles. The molecule has 1 aliphatic carbocycles. The summed E-state index contributed by atoms with van der Waals surface area (Å²) in [5, 5.41) is 3.90. The van der Waals surface area contributed by atoms with Gasteiger partial charge in [-0.3, -0.25) is 0 Å². The lowest BCUT2D eigenvalue weighted by Crippen LogP contribution is -2.43. The molecule has 0 saturated carbocycles. The van der Waals surface area contributed by atoms with Crippen LogP contribution in [0.25, 0.3) is 0 Å². The zero-order chi connectivity index (χ0) is 13.2. The van der Waals surface area contributed by atoms with Crippen molar-refractivity contribution < 1.29 is 0 Å². The summed E-state index contributed by atoms with van der Waals surface area (Å²) < 4.78 is 1.21. The summed E-state index contributed by atoms with van der Waals surface area (Å²) in [7, 11) is 0. The van der Waals surface area contributed by atoms with Gasteiger partial charge < -0.3 is 10.2 Å². The van der Waals surface area contributed by atoms with Crippen LogP contribution in [0.15, 0.2) is 22.7 Å². The van der Waals surface area contributed by atoms with Gasteiger partial charge in [0.1, 0.15) is 0 Å². The molecule has 104 valence electrons. The first-order valence-corrected chi connectivity index (χ1v) is 8.32. The van der Waals surface area contributed by atoms with Crippen molar-refractivity contribution in [3.8, 4) is 0 Å². The van der Waals surface area contributed by atoms with E-state index in [1.165, 1.54) is 60.9 Å². The second-order valence-electron chi connectivity index (χ2n) is 5.81. The number of piperidine rings is 1. The monoisotopic (exact) mass is 322 g/mol. The number of halogens is 1. The Kier molecular flexibility index (Phi) is 4.25. The highest BCUT2D eigenvalue weighted by Crippen LogP contribution is 2.33. The van der Waals surface area contributed by atoms with E-state index in [1.807, 2.05) is 0 Å². The predicted molar refractivity (Wildman–Crippen MR) is 83.5 cm³/mol. The Morgan fingerprint density at radius 3 is 2.79 bits per heavy atom. The van der Waals surface area contributed by atoms with E-state index in [0.29, 0.717) is 12.1 Å². The fourth-order valence-electron chi connectivity index (χ4n) is 3.46. The fraction of sp³-hybridized carbons (Fsp3) is 0.625. The third-order valence-electron chi connectivity index (χ3n) is 4.65. The van der Waals surface area contributed by atoms with E-state index in [9.17, 15) is 0 Å². The van der Waals surface area contributed by atoms with E-state index in [4.69, 9.17) is 0 Å². The molecule has 3 heteroatoms. The van der Waals surface area contributed by atoms with Gasteiger partial charge in [0.25, 0.3) is 0 Å². The predicted octanol–water partition coefficient (Wildman–Crippen LogP) is 3.51. The molecule has 1 N–H and O–H groups in total. The lowest BCUT2D eigenvalue weighted by molar-refractivity contribution is 0.198. The molecule has 0 bridgehead atoms. The molecule has 1 saturated heterocycles. The number of nitrogens with one attached hydrogen (secondary N) is 1. The third kappa shape index (κ3) is 3.04. The zero-order valence-corrected chi connectivity index (χ0v) is 13.2. The van der Waals surface area contributed by atoms with Gasteiger partial charge in [0, 0.05) is 16.6 Å². The van der Waals surface area contributed by atoms with Crippen LogP contribution < -0.4 is 5.32 Å². The Bertz CT molecular complexity index is 438. The van der Waals surface area contributed by atoms with E-state index in [0.717, 1.165) is 0 Å². The van der Waals surface area contributed by atoms with Crippen LogP contribution in [0.5, 0.6) is 0 Å². The second-order valence-corrected chi connectivity index (χ2v) is 6.73. The van der Waals surface area contributed by atoms with Crippen molar-refractivity contribution in [3.05, 3.63) is 33.8 Å². The summed E-state index contributed by atoms with van der Waals surface area (Å²) in [4.78, 5) is 2.55. The second kappa shape index (κ2) is 5.94. The van der Waals surface area contributed by atoms with Crippen LogP contribution in [0.3, 0.4) is 0 Å². The van der Waals surface area contributed by atoms with Crippen LogP contribution in [0.1, 0.15) is 43.4 Å². The first kappa shape index (κ1) is 13.6. The van der Waals surface area contributed by atoms with E-state index in [2.05, 4.69) is 51.3 Å². The molecule has 3 rings (SSSR count). The number of fused-ring (bicyclic) bond motifs is 1. The van der Waals surface area contributed by atoms with Crippen molar-refractivity contribution in [3.63, 3.8) is 0 Å². The van der Waals surface area contributed by atoms with E-state index in [1.54, 1.807) is 0 Å². The maximum atomic E-state index is 3.90. The van der Waals surface area contributed by atoms with Gasteiger partial charge in [-0.05, 0) is 68.6 Å². The average Bonchev–Trinajstić information content (AvgIpc) is 2.82. The quantitative estimate of drug-likeness (QED) is 0.916. The number of nitrogens with zero attached hydrogens (tertiary/aromatic N) is 1. The Morgan fingerprint density at radius 2 is 2.05 bits per heavy atom. The standard InChI is InChI=1S/C16H23BrN2/c1-2-19-9-7-14(8-10-19)18-16-6-3-12-11-13(17)4-5-15(12)16/h4-5,11,14,16,18H,2-3,6-10H2,1H3. The maximum Gasteiger partial charge on any atom is 0.0328 e. The normalized spacial score (nSPS) is 24.6. The molecule has 19 heavy (non-hydrogen) atoms. The third-order valence-corrected chi connectivity index (χ3v) is 5.15. The molecule has 1 atom stereocenters. The van der Waals surface area contributed by atoms with Gasteiger partial charge in [-0.15, -0.1) is 0 Å². The number of rotatable bonds is 3. The lowest BCUT2D eigenvalue weighted by atomic mass is 10.0. The summed E-state index contributed by atoms with van der Waals surface area (Å²) in [5.74, 6) is 0. The van der Waals surface area contributed by atoms with Crippen LogP contribution in [0, 0.1) is 0 Å². The van der Waals surface area contributed by atoms with E-state index in [-0.39, 0.29) is 0 Å². The van der Waals surface area contributed by atoms with E-state index < -0.39 is 0 Å².